The molecule has 1 unspecified atom stereocenters. The van der Waals surface area contributed by atoms with Crippen LogP contribution in [0.15, 0.2) is 72.0 Å². The van der Waals surface area contributed by atoms with Gasteiger partial charge < -0.3 is 19.6 Å². The summed E-state index contributed by atoms with van der Waals surface area (Å²) in [7, 11) is 3.93. The molecule has 3 rings (SSSR count). The number of ketones is 1. The van der Waals surface area contributed by atoms with Crippen LogP contribution in [0, 0.1) is 0 Å². The van der Waals surface area contributed by atoms with Crippen LogP contribution in [-0.2, 0) is 9.59 Å². The van der Waals surface area contributed by atoms with Gasteiger partial charge in [0.1, 0.15) is 5.75 Å². The van der Waals surface area contributed by atoms with Gasteiger partial charge in [-0.1, -0.05) is 48.5 Å². The van der Waals surface area contributed by atoms with Crippen LogP contribution in [0.3, 0.4) is 0 Å². The second-order valence-electron chi connectivity index (χ2n) is 7.93. The van der Waals surface area contributed by atoms with Crippen molar-refractivity contribution in [2.45, 2.75) is 19.4 Å². The van der Waals surface area contributed by atoms with Gasteiger partial charge in [0, 0.05) is 6.54 Å². The maximum atomic E-state index is 13.2. The lowest BCUT2D eigenvalue weighted by molar-refractivity contribution is -0.129. The highest BCUT2D eigenvalue weighted by Gasteiger charge is 2.42. The Morgan fingerprint density at radius 2 is 1.91 bits per heavy atom. The molecule has 1 aliphatic rings. The minimum Gasteiger partial charge on any atom is -0.503 e. The van der Waals surface area contributed by atoms with E-state index in [2.05, 4.69) is 0 Å². The van der Waals surface area contributed by atoms with Crippen molar-refractivity contribution in [2.75, 3.05) is 33.8 Å². The smallest absolute Gasteiger partial charge is 0.290 e. The monoisotopic (exact) mass is 434 g/mol. The molecule has 1 heterocycles. The summed E-state index contributed by atoms with van der Waals surface area (Å²) in [6.45, 7) is 3.61. The van der Waals surface area contributed by atoms with Gasteiger partial charge in [0.2, 0.25) is 0 Å². The molecule has 0 bridgehead atoms. The lowest BCUT2D eigenvalue weighted by Gasteiger charge is -2.27. The van der Waals surface area contributed by atoms with Gasteiger partial charge in [-0.05, 0) is 63.3 Å². The van der Waals surface area contributed by atoms with Crippen LogP contribution in [0.2, 0.25) is 0 Å². The topological polar surface area (TPSA) is 70.1 Å². The van der Waals surface area contributed by atoms with Gasteiger partial charge in [0.15, 0.2) is 11.5 Å². The van der Waals surface area contributed by atoms with E-state index < -0.39 is 17.7 Å². The lowest BCUT2D eigenvalue weighted by atomic mass is 9.95. The molecule has 1 atom stereocenters. The molecule has 168 valence electrons. The molecule has 32 heavy (non-hydrogen) atoms. The SMILES string of the molecule is CCOc1cccc(C2C(C(=O)/C=C/c3ccccc3)=C(O)C(=O)N2CCCN(C)C)c1. The zero-order valence-electron chi connectivity index (χ0n) is 18.8. The van der Waals surface area contributed by atoms with Crippen molar-refractivity contribution in [2.24, 2.45) is 0 Å². The maximum absolute atomic E-state index is 13.2. The fraction of sp³-hybridized carbons (Fsp3) is 0.308. The van der Waals surface area contributed by atoms with Crippen LogP contribution in [0.1, 0.15) is 30.5 Å². The molecule has 1 amide bonds. The first kappa shape index (κ1) is 23.3. The van der Waals surface area contributed by atoms with Crippen molar-refractivity contribution in [3.63, 3.8) is 0 Å². The Morgan fingerprint density at radius 1 is 1.16 bits per heavy atom. The third-order valence-corrected chi connectivity index (χ3v) is 5.29. The number of carbonyl (C=O) groups excluding carboxylic acids is 2. The highest BCUT2D eigenvalue weighted by Crippen LogP contribution is 2.39. The standard InChI is InChI=1S/C26H30N2O4/c1-4-32-21-13-8-12-20(18-21)24-23(22(29)15-14-19-10-6-5-7-11-19)25(30)26(31)28(24)17-9-16-27(2)3/h5-8,10-15,18,24,30H,4,9,16-17H2,1-3H3/b15-14+. The number of nitrogens with zero attached hydrogens (tertiary/aromatic N) is 2. The number of amides is 1. The van der Waals surface area contributed by atoms with E-state index in [4.69, 9.17) is 4.74 Å². The zero-order chi connectivity index (χ0) is 23.1. The number of aliphatic hydroxyl groups excluding tert-OH is 1. The van der Waals surface area contributed by atoms with E-state index in [0.717, 1.165) is 24.1 Å². The second kappa shape index (κ2) is 10.8. The predicted octanol–water partition coefficient (Wildman–Crippen LogP) is 4.01. The van der Waals surface area contributed by atoms with Crippen LogP contribution >= 0.6 is 0 Å². The average molecular weight is 435 g/mol. The highest BCUT2D eigenvalue weighted by atomic mass is 16.5. The third kappa shape index (κ3) is 5.45. The number of carbonyl (C=O) groups is 2. The Labute approximate surface area is 189 Å². The predicted molar refractivity (Wildman–Crippen MR) is 125 cm³/mol. The maximum Gasteiger partial charge on any atom is 0.290 e. The molecule has 1 aliphatic heterocycles. The molecule has 0 spiro atoms. The van der Waals surface area contributed by atoms with Crippen LogP contribution < -0.4 is 4.74 Å². The van der Waals surface area contributed by atoms with E-state index in [1.54, 1.807) is 11.0 Å². The summed E-state index contributed by atoms with van der Waals surface area (Å²) in [5.74, 6) is -0.734. The molecule has 6 heteroatoms. The van der Waals surface area contributed by atoms with Crippen LogP contribution in [-0.4, -0.2) is 60.4 Å². The van der Waals surface area contributed by atoms with Gasteiger partial charge >= 0.3 is 0 Å². The highest BCUT2D eigenvalue weighted by molar-refractivity contribution is 6.14. The largest absolute Gasteiger partial charge is 0.503 e. The number of rotatable bonds is 10. The summed E-state index contributed by atoms with van der Waals surface area (Å²) in [5, 5.41) is 10.7. The molecule has 0 saturated carbocycles. The molecule has 0 aliphatic carbocycles. The number of hydrogen-bond donors (Lipinski definition) is 1. The van der Waals surface area contributed by atoms with E-state index in [-0.39, 0.29) is 11.4 Å². The quantitative estimate of drug-likeness (QED) is 0.572. The second-order valence-corrected chi connectivity index (χ2v) is 7.93. The van der Waals surface area contributed by atoms with Crippen molar-refractivity contribution < 1.29 is 19.4 Å². The van der Waals surface area contributed by atoms with Crippen molar-refractivity contribution in [1.82, 2.24) is 9.80 Å². The molecule has 6 nitrogen and oxygen atoms in total. The molecule has 0 saturated heterocycles. The minimum absolute atomic E-state index is 0.0979. The fourth-order valence-electron chi connectivity index (χ4n) is 3.81. The first-order valence-corrected chi connectivity index (χ1v) is 10.8. The molecular formula is C26H30N2O4. The molecule has 1 N–H and O–H groups in total. The summed E-state index contributed by atoms with van der Waals surface area (Å²) in [6.07, 6.45) is 3.82. The van der Waals surface area contributed by atoms with Gasteiger partial charge in [0.25, 0.3) is 5.91 Å². The summed E-state index contributed by atoms with van der Waals surface area (Å²) in [4.78, 5) is 29.7. The third-order valence-electron chi connectivity index (χ3n) is 5.29. The molecule has 0 radical (unpaired) electrons. The minimum atomic E-state index is -0.669. The summed E-state index contributed by atoms with van der Waals surface area (Å²) in [5.41, 5.74) is 1.69. The van der Waals surface area contributed by atoms with Gasteiger partial charge in [0.05, 0.1) is 18.2 Å². The Bertz CT molecular complexity index is 1010. The van der Waals surface area contributed by atoms with Crippen LogP contribution in [0.4, 0.5) is 0 Å². The molecule has 0 aromatic heterocycles. The first-order valence-electron chi connectivity index (χ1n) is 10.8. The van der Waals surface area contributed by atoms with Crippen molar-refractivity contribution >= 4 is 17.8 Å². The number of aliphatic hydroxyl groups is 1. The zero-order valence-corrected chi connectivity index (χ0v) is 18.8. The van der Waals surface area contributed by atoms with Gasteiger partial charge in [-0.25, -0.2) is 0 Å². The number of benzene rings is 2. The summed E-state index contributed by atoms with van der Waals surface area (Å²) >= 11 is 0. The molecular weight excluding hydrogens is 404 g/mol. The van der Waals surface area contributed by atoms with Crippen molar-refractivity contribution in [3.8, 4) is 5.75 Å². The Balaban J connectivity index is 1.96. The van der Waals surface area contributed by atoms with E-state index in [0.29, 0.717) is 18.9 Å². The summed E-state index contributed by atoms with van der Waals surface area (Å²) < 4.78 is 5.62. The van der Waals surface area contributed by atoms with Crippen LogP contribution in [0.25, 0.3) is 6.08 Å². The Kier molecular flexibility index (Phi) is 7.84. The van der Waals surface area contributed by atoms with E-state index >= 15 is 0 Å². The van der Waals surface area contributed by atoms with E-state index in [9.17, 15) is 14.7 Å². The number of allylic oxidation sites excluding steroid dienone is 1. The van der Waals surface area contributed by atoms with Crippen molar-refractivity contribution in [1.29, 1.82) is 0 Å². The van der Waals surface area contributed by atoms with Crippen molar-refractivity contribution in [3.05, 3.63) is 83.1 Å². The van der Waals surface area contributed by atoms with E-state index in [1.807, 2.05) is 80.5 Å². The normalized spacial score (nSPS) is 16.4. The molecule has 2 aromatic rings. The fourth-order valence-corrected chi connectivity index (χ4v) is 3.81. The Morgan fingerprint density at radius 3 is 2.59 bits per heavy atom. The molecule has 2 aromatic carbocycles. The number of ether oxygens (including phenoxy) is 1. The van der Waals surface area contributed by atoms with E-state index in [1.165, 1.54) is 6.08 Å². The lowest BCUT2D eigenvalue weighted by Crippen LogP contribution is -2.33. The van der Waals surface area contributed by atoms with Crippen LogP contribution in [0.5, 0.6) is 5.75 Å². The molecule has 0 fully saturated rings. The Hall–Kier alpha value is -3.38. The van der Waals surface area contributed by atoms with Gasteiger partial charge in [-0.3, -0.25) is 9.59 Å². The average Bonchev–Trinajstić information content (AvgIpc) is 3.03. The summed E-state index contributed by atoms with van der Waals surface area (Å²) in [6, 6.07) is 16.1. The van der Waals surface area contributed by atoms with Gasteiger partial charge in [-0.15, -0.1) is 0 Å². The number of hydrogen-bond acceptors (Lipinski definition) is 5. The first-order chi connectivity index (χ1) is 15.4. The van der Waals surface area contributed by atoms with Gasteiger partial charge in [-0.2, -0.15) is 0 Å².